The quantitative estimate of drug-likeness (QED) is 0.104. The molecule has 48 heavy (non-hydrogen) atoms. The molecule has 0 aromatic heterocycles. The van der Waals surface area contributed by atoms with E-state index in [1.165, 1.54) is 16.5 Å². The largest absolute Gasteiger partial charge is 0.492 e. The molecule has 0 spiro atoms. The van der Waals surface area contributed by atoms with Crippen LogP contribution in [0.4, 0.5) is 4.39 Å². The van der Waals surface area contributed by atoms with Gasteiger partial charge < -0.3 is 9.64 Å². The molecule has 3 amide bonds. The first-order valence-corrected chi connectivity index (χ1v) is 16.6. The Bertz CT molecular complexity index is 1830. The number of likely N-dealkylation sites (N-methyl/N-ethyl adjacent to an activating group) is 1. The van der Waals surface area contributed by atoms with Crippen molar-refractivity contribution in [2.24, 2.45) is 0 Å². The number of amides is 3. The zero-order chi connectivity index (χ0) is 33.6. The van der Waals surface area contributed by atoms with Crippen molar-refractivity contribution in [1.82, 2.24) is 15.1 Å². The molecule has 2 aliphatic heterocycles. The fourth-order valence-corrected chi connectivity index (χ4v) is 6.70. The van der Waals surface area contributed by atoms with Gasteiger partial charge in [-0.2, -0.15) is 0 Å². The average Bonchev–Trinajstić information content (AvgIpc) is 3.42. The van der Waals surface area contributed by atoms with Crippen molar-refractivity contribution < 1.29 is 23.5 Å². The number of carbonyl (C=O) groups excluding carboxylic acids is 3. The molecule has 0 saturated carbocycles. The molecule has 1 unspecified atom stereocenters. The number of carbonyl (C=O) groups is 3. The Labute approximate surface area is 285 Å². The number of rotatable bonds is 12. The first-order chi connectivity index (χ1) is 23.3. The van der Waals surface area contributed by atoms with Crippen LogP contribution in [0.3, 0.4) is 0 Å². The first-order valence-electron chi connectivity index (χ1n) is 16.1. The number of imide groups is 1. The summed E-state index contributed by atoms with van der Waals surface area (Å²) in [7, 11) is 1.93. The average molecular weight is 666 g/mol. The number of hydrogen-bond acceptors (Lipinski definition) is 5. The van der Waals surface area contributed by atoms with Gasteiger partial charge in [0.1, 0.15) is 24.2 Å². The highest BCUT2D eigenvalue weighted by molar-refractivity contribution is 6.18. The van der Waals surface area contributed by atoms with E-state index in [0.29, 0.717) is 31.1 Å². The van der Waals surface area contributed by atoms with E-state index in [2.05, 4.69) is 41.7 Å². The highest BCUT2D eigenvalue weighted by atomic mass is 35.5. The molecule has 1 fully saturated rings. The zero-order valence-electron chi connectivity index (χ0n) is 26.8. The lowest BCUT2D eigenvalue weighted by molar-refractivity contribution is -0.136. The van der Waals surface area contributed by atoms with E-state index in [1.54, 1.807) is 0 Å². The molecule has 0 aliphatic carbocycles. The molecule has 6 rings (SSSR count). The summed E-state index contributed by atoms with van der Waals surface area (Å²) < 4.78 is 21.2. The minimum atomic E-state index is -0.781. The topological polar surface area (TPSA) is 79.0 Å². The summed E-state index contributed by atoms with van der Waals surface area (Å²) >= 11 is 6.29. The second kappa shape index (κ2) is 15.0. The number of allylic oxidation sites excluding steroid dienone is 1. The Morgan fingerprint density at radius 1 is 0.938 bits per heavy atom. The SMILES string of the molecule is CN(CCOc1ccc(/C(=C(/CCCl)c2ccccc2)c2ccccc2)cc1)Cc1cc(F)c2c(c1)CN(C1CCC(=O)NC1=O)C2=O. The van der Waals surface area contributed by atoms with Crippen molar-refractivity contribution in [2.75, 3.05) is 26.1 Å². The normalized spacial score (nSPS) is 16.5. The second-order valence-electron chi connectivity index (χ2n) is 12.1. The second-order valence-corrected chi connectivity index (χ2v) is 12.5. The van der Waals surface area contributed by atoms with Crippen molar-refractivity contribution in [3.63, 3.8) is 0 Å². The van der Waals surface area contributed by atoms with Crippen LogP contribution in [0.1, 0.15) is 57.4 Å². The van der Waals surface area contributed by atoms with Gasteiger partial charge in [-0.3, -0.25) is 24.6 Å². The van der Waals surface area contributed by atoms with Gasteiger partial charge in [0.2, 0.25) is 11.8 Å². The molecule has 4 aromatic rings. The number of alkyl halides is 1. The molecule has 0 radical (unpaired) electrons. The molecule has 1 N–H and O–H groups in total. The molecule has 4 aromatic carbocycles. The fraction of sp³-hybridized carbons (Fsp3) is 0.256. The van der Waals surface area contributed by atoms with E-state index < -0.39 is 23.7 Å². The summed E-state index contributed by atoms with van der Waals surface area (Å²) in [5, 5.41) is 2.28. The molecule has 7 nitrogen and oxygen atoms in total. The fourth-order valence-electron chi connectivity index (χ4n) is 6.51. The lowest BCUT2D eigenvalue weighted by Gasteiger charge is -2.29. The number of nitrogens with one attached hydrogen (secondary N) is 1. The maximum Gasteiger partial charge on any atom is 0.258 e. The summed E-state index contributed by atoms with van der Waals surface area (Å²) in [6.45, 7) is 1.60. The Balaban J connectivity index is 1.09. The zero-order valence-corrected chi connectivity index (χ0v) is 27.5. The van der Waals surface area contributed by atoms with Crippen LogP contribution >= 0.6 is 11.6 Å². The van der Waals surface area contributed by atoms with Crippen LogP contribution in [0, 0.1) is 5.82 Å². The maximum atomic E-state index is 15.2. The van der Waals surface area contributed by atoms with Gasteiger partial charge in [0.15, 0.2) is 0 Å². The van der Waals surface area contributed by atoms with Crippen LogP contribution in [0.15, 0.2) is 97.1 Å². The molecule has 9 heteroatoms. The van der Waals surface area contributed by atoms with Crippen LogP contribution in [0.2, 0.25) is 0 Å². The van der Waals surface area contributed by atoms with Gasteiger partial charge in [-0.1, -0.05) is 78.9 Å². The van der Waals surface area contributed by atoms with Gasteiger partial charge in [0.05, 0.1) is 5.56 Å². The van der Waals surface area contributed by atoms with E-state index in [-0.39, 0.29) is 30.9 Å². The van der Waals surface area contributed by atoms with E-state index in [1.807, 2.05) is 66.5 Å². The molecule has 2 heterocycles. The Hall–Kier alpha value is -4.79. The molecule has 1 atom stereocenters. The lowest BCUT2D eigenvalue weighted by atomic mass is 9.88. The third-order valence-electron chi connectivity index (χ3n) is 8.80. The third kappa shape index (κ3) is 7.35. The van der Waals surface area contributed by atoms with Crippen LogP contribution in [0.25, 0.3) is 11.1 Å². The van der Waals surface area contributed by atoms with E-state index in [9.17, 15) is 14.4 Å². The van der Waals surface area contributed by atoms with Gasteiger partial charge in [-0.15, -0.1) is 11.6 Å². The van der Waals surface area contributed by atoms with Crippen LogP contribution in [0.5, 0.6) is 5.75 Å². The smallest absolute Gasteiger partial charge is 0.258 e. The van der Waals surface area contributed by atoms with Crippen molar-refractivity contribution in [3.05, 3.63) is 136 Å². The molecule has 246 valence electrons. The van der Waals surface area contributed by atoms with Crippen molar-refractivity contribution in [2.45, 2.75) is 38.4 Å². The third-order valence-corrected chi connectivity index (χ3v) is 8.99. The van der Waals surface area contributed by atoms with Crippen LogP contribution in [-0.4, -0.2) is 59.6 Å². The lowest BCUT2D eigenvalue weighted by Crippen LogP contribution is -2.52. The molecule has 1 saturated heterocycles. The predicted molar refractivity (Wildman–Crippen MR) is 185 cm³/mol. The predicted octanol–water partition coefficient (Wildman–Crippen LogP) is 6.69. The number of ether oxygens (including phenoxy) is 1. The van der Waals surface area contributed by atoms with Crippen LogP contribution in [-0.2, 0) is 22.7 Å². The number of halogens is 2. The molecule has 2 aliphatic rings. The highest BCUT2D eigenvalue weighted by Gasteiger charge is 2.40. The molecule has 0 bridgehead atoms. The minimum absolute atomic E-state index is 0.00157. The van der Waals surface area contributed by atoms with E-state index in [0.717, 1.165) is 40.0 Å². The van der Waals surface area contributed by atoms with E-state index >= 15 is 4.39 Å². The van der Waals surface area contributed by atoms with Crippen molar-refractivity contribution in [1.29, 1.82) is 0 Å². The van der Waals surface area contributed by atoms with Gasteiger partial charge >= 0.3 is 0 Å². The van der Waals surface area contributed by atoms with Crippen molar-refractivity contribution >= 4 is 40.5 Å². The number of fused-ring (bicyclic) bond motifs is 1. The number of benzene rings is 4. The summed E-state index contributed by atoms with van der Waals surface area (Å²) in [6, 6.07) is 31.2. The maximum absolute atomic E-state index is 15.2. The summed E-state index contributed by atoms with van der Waals surface area (Å²) in [5.74, 6) is -0.738. The van der Waals surface area contributed by atoms with E-state index in [4.69, 9.17) is 16.3 Å². The standard InChI is InChI=1S/C39H37ClFN3O4/c1-43(24-26-22-30-25-44(39(47)37(30)33(41)23-26)34-16-17-35(45)42-38(34)46)20-21-48-31-14-12-29(13-15-31)36(28-10-6-3-7-11-28)32(18-19-40)27-8-4-2-5-9-27/h2-15,22-23,34H,16-21,24-25H2,1H3,(H,42,45,46)/b36-32-. The minimum Gasteiger partial charge on any atom is -0.492 e. The monoisotopic (exact) mass is 665 g/mol. The van der Waals surface area contributed by atoms with Gasteiger partial charge in [0, 0.05) is 31.9 Å². The number of piperidine rings is 1. The van der Waals surface area contributed by atoms with Gasteiger partial charge in [0.25, 0.3) is 5.91 Å². The Morgan fingerprint density at radius 3 is 2.27 bits per heavy atom. The van der Waals surface area contributed by atoms with Crippen LogP contribution < -0.4 is 10.1 Å². The van der Waals surface area contributed by atoms with Crippen molar-refractivity contribution in [3.8, 4) is 5.75 Å². The Kier molecular flexibility index (Phi) is 10.3. The summed E-state index contributed by atoms with van der Waals surface area (Å²) in [5.41, 5.74) is 6.93. The Morgan fingerprint density at radius 2 is 1.60 bits per heavy atom. The van der Waals surface area contributed by atoms with Gasteiger partial charge in [-0.25, -0.2) is 4.39 Å². The molecular weight excluding hydrogens is 629 g/mol. The number of hydrogen-bond donors (Lipinski definition) is 1. The highest BCUT2D eigenvalue weighted by Crippen LogP contribution is 2.35. The first kappa shape index (κ1) is 33.1. The number of nitrogens with zero attached hydrogens (tertiary/aromatic N) is 2. The molecular formula is C39H37ClFN3O4. The van der Waals surface area contributed by atoms with Gasteiger partial charge in [-0.05, 0) is 77.1 Å². The summed E-state index contributed by atoms with van der Waals surface area (Å²) in [6.07, 6.45) is 1.11. The summed E-state index contributed by atoms with van der Waals surface area (Å²) in [4.78, 5) is 40.3.